The van der Waals surface area contributed by atoms with Crippen LogP contribution in [-0.2, 0) is 16.9 Å². The number of nitrogens with zero attached hydrogens (tertiary/aromatic N) is 5. The number of aryl methyl sites for hydroxylation is 1. The van der Waals surface area contributed by atoms with Gasteiger partial charge in [-0.1, -0.05) is 0 Å². The average Bonchev–Trinajstić information content (AvgIpc) is 3.17. The summed E-state index contributed by atoms with van der Waals surface area (Å²) < 4.78 is 25.3. The number of hydrogen-bond donors (Lipinski definition) is 0. The molecule has 0 saturated carbocycles. The lowest BCUT2D eigenvalue weighted by Crippen LogP contribution is -2.09. The maximum absolute atomic E-state index is 11.7. The molecule has 0 aromatic carbocycles. The third-order valence-corrected chi connectivity index (χ3v) is 7.85. The predicted octanol–water partition coefficient (Wildman–Crippen LogP) is 2.18. The summed E-state index contributed by atoms with van der Waals surface area (Å²) in [4.78, 5) is 10.8. The Morgan fingerprint density at radius 3 is 2.92 bits per heavy atom. The molecule has 7 nitrogen and oxygen atoms in total. The lowest BCUT2D eigenvalue weighted by molar-refractivity contribution is 0.599. The monoisotopic (exact) mass is 381 g/mol. The van der Waals surface area contributed by atoms with Gasteiger partial charge in [0.2, 0.25) is 0 Å². The van der Waals surface area contributed by atoms with Crippen LogP contribution < -0.4 is 0 Å². The molecule has 10 heteroatoms. The largest absolute Gasteiger partial charge is 0.309 e. The van der Waals surface area contributed by atoms with E-state index in [0.717, 1.165) is 21.1 Å². The topological polar surface area (TPSA) is 90.6 Å². The molecule has 3 aromatic rings. The Morgan fingerprint density at radius 2 is 2.17 bits per heavy atom. The van der Waals surface area contributed by atoms with Gasteiger partial charge in [-0.2, -0.15) is 0 Å². The molecule has 1 aliphatic heterocycles. The van der Waals surface area contributed by atoms with E-state index in [1.807, 2.05) is 18.5 Å². The molecule has 0 N–H and O–H groups in total. The molecule has 0 radical (unpaired) electrons. The molecule has 0 spiro atoms. The van der Waals surface area contributed by atoms with Gasteiger partial charge in [-0.05, 0) is 31.2 Å². The minimum atomic E-state index is -2.94. The zero-order valence-electron chi connectivity index (χ0n) is 13.1. The average molecular weight is 382 g/mol. The molecule has 0 bridgehead atoms. The second-order valence-electron chi connectivity index (χ2n) is 5.86. The Balaban J connectivity index is 1.66. The van der Waals surface area contributed by atoms with E-state index in [0.29, 0.717) is 11.6 Å². The molecule has 0 amide bonds. The van der Waals surface area contributed by atoms with Crippen LogP contribution in [0.5, 0.6) is 0 Å². The van der Waals surface area contributed by atoms with Crippen LogP contribution in [0.4, 0.5) is 0 Å². The highest BCUT2D eigenvalue weighted by Gasteiger charge is 2.32. The van der Waals surface area contributed by atoms with Crippen LogP contribution in [0.3, 0.4) is 0 Å². The summed E-state index contributed by atoms with van der Waals surface area (Å²) >= 11 is 3.06. The van der Waals surface area contributed by atoms with Gasteiger partial charge in [0.05, 0.1) is 11.5 Å². The van der Waals surface area contributed by atoms with Crippen molar-refractivity contribution in [3.8, 4) is 0 Å². The fourth-order valence-corrected chi connectivity index (χ4v) is 6.39. The number of hydrogen-bond acceptors (Lipinski definition) is 8. The lowest BCUT2D eigenvalue weighted by atomic mass is 10.1. The van der Waals surface area contributed by atoms with Crippen molar-refractivity contribution in [2.24, 2.45) is 7.05 Å². The zero-order chi connectivity index (χ0) is 16.9. The fraction of sp³-hybridized carbons (Fsp3) is 0.429. The third kappa shape index (κ3) is 2.82. The molecule has 1 atom stereocenters. The van der Waals surface area contributed by atoms with Crippen molar-refractivity contribution in [3.05, 3.63) is 23.1 Å². The van der Waals surface area contributed by atoms with Gasteiger partial charge in [-0.25, -0.2) is 18.4 Å². The number of sulfone groups is 1. The molecule has 1 aliphatic rings. The summed E-state index contributed by atoms with van der Waals surface area (Å²) in [6, 6.07) is 2.07. The molecule has 3 aromatic heterocycles. The molecule has 0 aliphatic carbocycles. The number of fused-ring (bicyclic) bond motifs is 1. The van der Waals surface area contributed by atoms with Gasteiger partial charge in [-0.3, -0.25) is 0 Å². The first kappa shape index (κ1) is 16.0. The molecule has 126 valence electrons. The van der Waals surface area contributed by atoms with Gasteiger partial charge >= 0.3 is 0 Å². The Morgan fingerprint density at radius 1 is 1.33 bits per heavy atom. The van der Waals surface area contributed by atoms with E-state index < -0.39 is 9.84 Å². The van der Waals surface area contributed by atoms with Gasteiger partial charge in [0.15, 0.2) is 15.0 Å². The predicted molar refractivity (Wildman–Crippen MR) is 93.3 cm³/mol. The van der Waals surface area contributed by atoms with Gasteiger partial charge in [-0.15, -0.1) is 21.5 Å². The smallest absolute Gasteiger partial charge is 0.197 e. The van der Waals surface area contributed by atoms with E-state index in [-0.39, 0.29) is 17.4 Å². The normalized spacial score (nSPS) is 20.0. The summed E-state index contributed by atoms with van der Waals surface area (Å²) in [6.07, 6.45) is 2.17. The standard InChI is InChI=1S/C14H15N5O2S3/c1-8-5-10-12(22-8)15-7-16-13(10)23-14-18-17-11(19(14)2)9-3-4-24(20,21)6-9/h5,7,9H,3-4,6H2,1-2H3. The highest BCUT2D eigenvalue weighted by molar-refractivity contribution is 7.99. The Kier molecular flexibility index (Phi) is 3.85. The van der Waals surface area contributed by atoms with E-state index in [1.165, 1.54) is 16.6 Å². The third-order valence-electron chi connectivity index (χ3n) is 4.07. The van der Waals surface area contributed by atoms with E-state index in [9.17, 15) is 8.42 Å². The van der Waals surface area contributed by atoms with Crippen molar-refractivity contribution in [3.63, 3.8) is 0 Å². The SMILES string of the molecule is Cc1cc2c(Sc3nnc(C4CCS(=O)(=O)C4)n3C)ncnc2s1. The van der Waals surface area contributed by atoms with Crippen LogP contribution >= 0.6 is 23.1 Å². The maximum Gasteiger partial charge on any atom is 0.197 e. The summed E-state index contributed by atoms with van der Waals surface area (Å²) in [6.45, 7) is 2.04. The van der Waals surface area contributed by atoms with Crippen LogP contribution in [0.15, 0.2) is 22.6 Å². The van der Waals surface area contributed by atoms with E-state index in [2.05, 4.69) is 26.2 Å². The van der Waals surface area contributed by atoms with Crippen LogP contribution in [0.25, 0.3) is 10.2 Å². The lowest BCUT2D eigenvalue weighted by Gasteiger charge is -2.07. The van der Waals surface area contributed by atoms with Crippen LogP contribution in [0.2, 0.25) is 0 Å². The van der Waals surface area contributed by atoms with E-state index >= 15 is 0 Å². The highest BCUT2D eigenvalue weighted by atomic mass is 32.2. The summed E-state index contributed by atoms with van der Waals surface area (Å²) in [7, 11) is -1.07. The Labute approximate surface area is 147 Å². The second-order valence-corrected chi connectivity index (χ2v) is 10.3. The van der Waals surface area contributed by atoms with Crippen LogP contribution in [0.1, 0.15) is 23.0 Å². The minimum absolute atomic E-state index is 0.0735. The van der Waals surface area contributed by atoms with E-state index in [1.54, 1.807) is 17.7 Å². The number of thiophene rings is 1. The molecule has 1 saturated heterocycles. The van der Waals surface area contributed by atoms with Crippen molar-refractivity contribution in [2.75, 3.05) is 11.5 Å². The molecular weight excluding hydrogens is 366 g/mol. The van der Waals surface area contributed by atoms with Crippen molar-refractivity contribution in [1.82, 2.24) is 24.7 Å². The second kappa shape index (κ2) is 5.78. The Bertz CT molecular complexity index is 1020. The Hall–Kier alpha value is -1.52. The first-order valence-corrected chi connectivity index (χ1v) is 10.9. The molecule has 4 heterocycles. The summed E-state index contributed by atoms with van der Waals surface area (Å²) in [5, 5.41) is 11.0. The molecule has 1 fully saturated rings. The zero-order valence-corrected chi connectivity index (χ0v) is 15.6. The summed E-state index contributed by atoms with van der Waals surface area (Å²) in [5.41, 5.74) is 0. The van der Waals surface area contributed by atoms with Crippen molar-refractivity contribution >= 4 is 43.2 Å². The highest BCUT2D eigenvalue weighted by Crippen LogP contribution is 2.35. The molecule has 24 heavy (non-hydrogen) atoms. The van der Waals surface area contributed by atoms with Crippen LogP contribution in [-0.4, -0.2) is 44.7 Å². The first-order chi connectivity index (χ1) is 11.4. The number of aromatic nitrogens is 5. The minimum Gasteiger partial charge on any atom is -0.309 e. The summed E-state index contributed by atoms with van der Waals surface area (Å²) in [5.74, 6) is 1.04. The van der Waals surface area contributed by atoms with Crippen molar-refractivity contribution in [2.45, 2.75) is 29.4 Å². The first-order valence-electron chi connectivity index (χ1n) is 7.41. The van der Waals surface area contributed by atoms with Crippen LogP contribution in [0, 0.1) is 6.92 Å². The fourth-order valence-electron chi connectivity index (χ4n) is 2.89. The number of rotatable bonds is 3. The van der Waals surface area contributed by atoms with Crippen molar-refractivity contribution < 1.29 is 8.42 Å². The van der Waals surface area contributed by atoms with Gasteiger partial charge < -0.3 is 4.57 Å². The quantitative estimate of drug-likeness (QED) is 0.642. The molecule has 1 unspecified atom stereocenters. The molecular formula is C14H15N5O2S3. The van der Waals surface area contributed by atoms with Gasteiger partial charge in [0.1, 0.15) is 22.0 Å². The van der Waals surface area contributed by atoms with Gasteiger partial charge in [0.25, 0.3) is 0 Å². The van der Waals surface area contributed by atoms with Crippen molar-refractivity contribution in [1.29, 1.82) is 0 Å². The molecule has 4 rings (SSSR count). The van der Waals surface area contributed by atoms with E-state index in [4.69, 9.17) is 0 Å². The van der Waals surface area contributed by atoms with Gasteiger partial charge in [0, 0.05) is 23.2 Å². The maximum atomic E-state index is 11.7.